The second kappa shape index (κ2) is 6.12. The van der Waals surface area contributed by atoms with Gasteiger partial charge in [0, 0.05) is 11.5 Å². The number of ether oxygens (including phenoxy) is 1. The highest BCUT2D eigenvalue weighted by Crippen LogP contribution is 2.31. The van der Waals surface area contributed by atoms with Gasteiger partial charge in [0.1, 0.15) is 11.6 Å². The number of halogens is 2. The van der Waals surface area contributed by atoms with E-state index >= 15 is 0 Å². The SMILES string of the molecule is CC(C)(C)c1cc(CO)cc(Oc2ccc(F)cc2Br)n1. The average Bonchev–Trinajstić information content (AvgIpc) is 2.40. The maximum atomic E-state index is 13.1. The van der Waals surface area contributed by atoms with Gasteiger partial charge >= 0.3 is 0 Å². The smallest absolute Gasteiger partial charge is 0.219 e. The number of pyridine rings is 1. The van der Waals surface area contributed by atoms with Crippen LogP contribution in [0.15, 0.2) is 34.8 Å². The molecule has 1 N–H and O–H groups in total. The van der Waals surface area contributed by atoms with Gasteiger partial charge in [-0.15, -0.1) is 0 Å². The molecule has 5 heteroatoms. The molecule has 0 saturated carbocycles. The Morgan fingerprint density at radius 2 is 1.95 bits per heavy atom. The number of aromatic nitrogens is 1. The molecule has 0 aliphatic heterocycles. The molecule has 21 heavy (non-hydrogen) atoms. The molecule has 112 valence electrons. The zero-order valence-corrected chi connectivity index (χ0v) is 13.7. The van der Waals surface area contributed by atoms with Gasteiger partial charge in [0.05, 0.1) is 16.8 Å². The molecule has 0 amide bonds. The van der Waals surface area contributed by atoms with E-state index in [0.717, 1.165) is 11.3 Å². The fourth-order valence-corrected chi connectivity index (χ4v) is 2.19. The normalized spacial score (nSPS) is 11.5. The van der Waals surface area contributed by atoms with Crippen LogP contribution in [0, 0.1) is 5.82 Å². The first kappa shape index (κ1) is 15.9. The second-order valence-electron chi connectivity index (χ2n) is 5.78. The molecular weight excluding hydrogens is 337 g/mol. The summed E-state index contributed by atoms with van der Waals surface area (Å²) in [5.41, 5.74) is 1.38. The van der Waals surface area contributed by atoms with Crippen LogP contribution in [0.3, 0.4) is 0 Å². The van der Waals surface area contributed by atoms with Crippen LogP contribution in [0.5, 0.6) is 11.6 Å². The first-order chi connectivity index (χ1) is 9.79. The van der Waals surface area contributed by atoms with Gasteiger partial charge in [-0.2, -0.15) is 0 Å². The summed E-state index contributed by atoms with van der Waals surface area (Å²) < 4.78 is 19.3. The summed E-state index contributed by atoms with van der Waals surface area (Å²) in [6.45, 7) is 6.02. The lowest BCUT2D eigenvalue weighted by atomic mass is 9.91. The fraction of sp³-hybridized carbons (Fsp3) is 0.312. The number of benzene rings is 1. The van der Waals surface area contributed by atoms with Crippen molar-refractivity contribution in [1.29, 1.82) is 0 Å². The Bertz CT molecular complexity index is 653. The van der Waals surface area contributed by atoms with Crippen molar-refractivity contribution in [3.63, 3.8) is 0 Å². The third kappa shape index (κ3) is 4.02. The summed E-state index contributed by atoms with van der Waals surface area (Å²) in [7, 11) is 0. The van der Waals surface area contributed by atoms with Crippen molar-refractivity contribution in [3.8, 4) is 11.6 Å². The van der Waals surface area contributed by atoms with Gasteiger partial charge in [0.25, 0.3) is 0 Å². The van der Waals surface area contributed by atoms with Crippen LogP contribution in [-0.4, -0.2) is 10.1 Å². The van der Waals surface area contributed by atoms with E-state index in [1.165, 1.54) is 18.2 Å². The third-order valence-electron chi connectivity index (χ3n) is 2.92. The molecule has 0 atom stereocenters. The van der Waals surface area contributed by atoms with Crippen LogP contribution in [0.2, 0.25) is 0 Å². The van der Waals surface area contributed by atoms with Crippen molar-refractivity contribution in [3.05, 3.63) is 51.9 Å². The van der Waals surface area contributed by atoms with Crippen LogP contribution in [0.25, 0.3) is 0 Å². The van der Waals surface area contributed by atoms with Gasteiger partial charge in [-0.1, -0.05) is 20.8 Å². The van der Waals surface area contributed by atoms with Gasteiger partial charge < -0.3 is 9.84 Å². The average molecular weight is 354 g/mol. The van der Waals surface area contributed by atoms with E-state index < -0.39 is 0 Å². The Kier molecular flexibility index (Phi) is 4.64. The molecule has 0 saturated heterocycles. The first-order valence-corrected chi connectivity index (χ1v) is 7.34. The Labute approximate surface area is 131 Å². The molecule has 3 nitrogen and oxygen atoms in total. The van der Waals surface area contributed by atoms with Crippen LogP contribution >= 0.6 is 15.9 Å². The van der Waals surface area contributed by atoms with Crippen molar-refractivity contribution in [2.75, 3.05) is 0 Å². The zero-order chi connectivity index (χ0) is 15.6. The Morgan fingerprint density at radius 1 is 1.24 bits per heavy atom. The van der Waals surface area contributed by atoms with Crippen molar-refractivity contribution < 1.29 is 14.2 Å². The quantitative estimate of drug-likeness (QED) is 0.878. The summed E-state index contributed by atoms with van der Waals surface area (Å²) in [4.78, 5) is 4.46. The predicted molar refractivity (Wildman–Crippen MR) is 83.0 cm³/mol. The topological polar surface area (TPSA) is 42.4 Å². The number of hydrogen-bond donors (Lipinski definition) is 1. The standard InChI is InChI=1S/C16H17BrFNO2/c1-16(2,3)14-6-10(9-20)7-15(19-14)21-13-5-4-11(18)8-12(13)17/h4-8,20H,9H2,1-3H3. The van der Waals surface area contributed by atoms with E-state index in [2.05, 4.69) is 20.9 Å². The van der Waals surface area contributed by atoms with E-state index in [4.69, 9.17) is 4.74 Å². The molecule has 0 aliphatic rings. The molecule has 1 heterocycles. The second-order valence-corrected chi connectivity index (χ2v) is 6.64. The molecular formula is C16H17BrFNO2. The van der Waals surface area contributed by atoms with Gasteiger partial charge in [-0.05, 0) is 45.8 Å². The van der Waals surface area contributed by atoms with Gasteiger partial charge in [0.15, 0.2) is 0 Å². The summed E-state index contributed by atoms with van der Waals surface area (Å²) in [5, 5.41) is 9.37. The van der Waals surface area contributed by atoms with E-state index in [1.807, 2.05) is 26.8 Å². The monoisotopic (exact) mass is 353 g/mol. The van der Waals surface area contributed by atoms with Crippen molar-refractivity contribution >= 4 is 15.9 Å². The lowest BCUT2D eigenvalue weighted by molar-refractivity contribution is 0.280. The van der Waals surface area contributed by atoms with Gasteiger partial charge in [-0.3, -0.25) is 0 Å². The minimum Gasteiger partial charge on any atom is -0.438 e. The minimum atomic E-state index is -0.346. The maximum Gasteiger partial charge on any atom is 0.219 e. The molecule has 0 spiro atoms. The highest BCUT2D eigenvalue weighted by molar-refractivity contribution is 9.10. The number of aliphatic hydroxyl groups excluding tert-OH is 1. The summed E-state index contributed by atoms with van der Waals surface area (Å²) in [6, 6.07) is 7.71. The molecule has 0 fully saturated rings. The van der Waals surface area contributed by atoms with Crippen molar-refractivity contribution in [1.82, 2.24) is 4.98 Å². The van der Waals surface area contributed by atoms with Crippen LogP contribution < -0.4 is 4.74 Å². The van der Waals surface area contributed by atoms with Crippen LogP contribution in [0.1, 0.15) is 32.0 Å². The third-order valence-corrected chi connectivity index (χ3v) is 3.54. The zero-order valence-electron chi connectivity index (χ0n) is 12.2. The van der Waals surface area contributed by atoms with E-state index in [9.17, 15) is 9.50 Å². The summed E-state index contributed by atoms with van der Waals surface area (Å²) >= 11 is 3.26. The summed E-state index contributed by atoms with van der Waals surface area (Å²) in [6.07, 6.45) is 0. The van der Waals surface area contributed by atoms with Crippen molar-refractivity contribution in [2.45, 2.75) is 32.8 Å². The molecule has 0 unspecified atom stereocenters. The lowest BCUT2D eigenvalue weighted by Gasteiger charge is -2.19. The molecule has 1 aromatic heterocycles. The number of nitrogens with zero attached hydrogens (tertiary/aromatic N) is 1. The van der Waals surface area contributed by atoms with Gasteiger partial charge in [0.2, 0.25) is 5.88 Å². The Morgan fingerprint density at radius 3 is 2.52 bits per heavy atom. The van der Waals surface area contributed by atoms with Crippen molar-refractivity contribution in [2.24, 2.45) is 0 Å². The Balaban J connectivity index is 2.39. The van der Waals surface area contributed by atoms with E-state index in [0.29, 0.717) is 16.1 Å². The molecule has 0 radical (unpaired) electrons. The minimum absolute atomic E-state index is 0.0907. The lowest BCUT2D eigenvalue weighted by Crippen LogP contribution is -2.14. The number of rotatable bonds is 3. The molecule has 0 bridgehead atoms. The van der Waals surface area contributed by atoms with Crippen LogP contribution in [0.4, 0.5) is 4.39 Å². The maximum absolute atomic E-state index is 13.1. The number of aliphatic hydroxyl groups is 1. The largest absolute Gasteiger partial charge is 0.438 e. The van der Waals surface area contributed by atoms with Gasteiger partial charge in [-0.25, -0.2) is 9.37 Å². The highest BCUT2D eigenvalue weighted by atomic mass is 79.9. The fourth-order valence-electron chi connectivity index (χ4n) is 1.76. The molecule has 2 rings (SSSR count). The molecule has 0 aliphatic carbocycles. The van der Waals surface area contributed by atoms with Crippen LogP contribution in [-0.2, 0) is 12.0 Å². The molecule has 1 aromatic carbocycles. The summed E-state index contributed by atoms with van der Waals surface area (Å²) in [5.74, 6) is 0.499. The number of hydrogen-bond acceptors (Lipinski definition) is 3. The molecule has 2 aromatic rings. The predicted octanol–water partition coefficient (Wildman–Crippen LogP) is 4.57. The van der Waals surface area contributed by atoms with E-state index in [-0.39, 0.29) is 17.8 Å². The van der Waals surface area contributed by atoms with E-state index in [1.54, 1.807) is 6.07 Å². The highest BCUT2D eigenvalue weighted by Gasteiger charge is 2.18. The first-order valence-electron chi connectivity index (χ1n) is 6.55. The Hall–Kier alpha value is -1.46.